The number of anilines is 2. The summed E-state index contributed by atoms with van der Waals surface area (Å²) >= 11 is 0. The molecule has 0 aliphatic carbocycles. The van der Waals surface area contributed by atoms with E-state index in [1.54, 1.807) is 17.0 Å². The Morgan fingerprint density at radius 1 is 0.970 bits per heavy atom. The molecule has 0 atom stereocenters. The molecule has 0 spiro atoms. The van der Waals surface area contributed by atoms with Gasteiger partial charge in [-0.1, -0.05) is 0 Å². The third-order valence-corrected chi connectivity index (χ3v) is 6.45. The maximum absolute atomic E-state index is 14.4. The lowest BCUT2D eigenvalue weighted by Crippen LogP contribution is -2.55. The van der Waals surface area contributed by atoms with Crippen LogP contribution >= 0.6 is 0 Å². The number of piperidine rings is 1. The lowest BCUT2D eigenvalue weighted by Gasteiger charge is -2.38. The third-order valence-electron chi connectivity index (χ3n) is 6.45. The van der Waals surface area contributed by atoms with Gasteiger partial charge in [-0.2, -0.15) is 5.26 Å². The van der Waals surface area contributed by atoms with E-state index in [-0.39, 0.29) is 17.9 Å². The fourth-order valence-corrected chi connectivity index (χ4v) is 4.43. The van der Waals surface area contributed by atoms with Gasteiger partial charge >= 0.3 is 6.03 Å². The van der Waals surface area contributed by atoms with E-state index < -0.39 is 5.82 Å². The van der Waals surface area contributed by atoms with Crippen molar-refractivity contribution in [1.82, 2.24) is 10.2 Å². The van der Waals surface area contributed by atoms with Crippen molar-refractivity contribution in [1.29, 1.82) is 5.26 Å². The Bertz CT molecular complexity index is 1050. The van der Waals surface area contributed by atoms with Crippen LogP contribution in [-0.2, 0) is 0 Å². The summed E-state index contributed by atoms with van der Waals surface area (Å²) in [4.78, 5) is 30.2. The van der Waals surface area contributed by atoms with Gasteiger partial charge in [0.25, 0.3) is 0 Å². The van der Waals surface area contributed by atoms with Gasteiger partial charge in [0.05, 0.1) is 17.3 Å². The number of carbonyl (C=O) groups is 2. The van der Waals surface area contributed by atoms with Gasteiger partial charge < -0.3 is 20.0 Å². The molecule has 0 radical (unpaired) electrons. The van der Waals surface area contributed by atoms with Crippen molar-refractivity contribution in [3.63, 3.8) is 0 Å². The minimum atomic E-state index is -0.408. The van der Waals surface area contributed by atoms with E-state index in [9.17, 15) is 14.0 Å². The third kappa shape index (κ3) is 5.25. The van der Waals surface area contributed by atoms with Gasteiger partial charge in [0, 0.05) is 56.6 Å². The number of nitriles is 1. The monoisotopic (exact) mass is 449 g/mol. The second kappa shape index (κ2) is 9.90. The fourth-order valence-electron chi connectivity index (χ4n) is 4.43. The average Bonchev–Trinajstić information content (AvgIpc) is 2.84. The van der Waals surface area contributed by atoms with Crippen LogP contribution in [0.25, 0.3) is 0 Å². The van der Waals surface area contributed by atoms with Crippen LogP contribution < -0.4 is 15.1 Å². The minimum absolute atomic E-state index is 0.0705. The van der Waals surface area contributed by atoms with Crippen LogP contribution in [-0.4, -0.2) is 62.0 Å². The molecule has 2 aromatic carbocycles. The van der Waals surface area contributed by atoms with Crippen molar-refractivity contribution in [3.05, 3.63) is 59.4 Å². The summed E-state index contributed by atoms with van der Waals surface area (Å²) in [5.41, 5.74) is 2.57. The van der Waals surface area contributed by atoms with Crippen molar-refractivity contribution < 1.29 is 14.0 Å². The van der Waals surface area contributed by atoms with Gasteiger partial charge in [0.1, 0.15) is 5.82 Å². The summed E-state index contributed by atoms with van der Waals surface area (Å²) < 4.78 is 14.4. The van der Waals surface area contributed by atoms with E-state index in [1.165, 1.54) is 13.0 Å². The number of piperazine rings is 1. The number of urea groups is 1. The Morgan fingerprint density at radius 2 is 1.64 bits per heavy atom. The first-order valence-corrected chi connectivity index (χ1v) is 11.3. The van der Waals surface area contributed by atoms with Crippen molar-refractivity contribution in [2.75, 3.05) is 49.1 Å². The zero-order valence-corrected chi connectivity index (χ0v) is 18.8. The van der Waals surface area contributed by atoms with Crippen LogP contribution in [0.15, 0.2) is 42.5 Å². The van der Waals surface area contributed by atoms with E-state index in [1.807, 2.05) is 29.2 Å². The maximum atomic E-state index is 14.4. The molecule has 0 saturated carbocycles. The highest BCUT2D eigenvalue weighted by Crippen LogP contribution is 2.23. The smallest absolute Gasteiger partial charge is 0.317 e. The molecule has 4 rings (SSSR count). The second-order valence-electron chi connectivity index (χ2n) is 8.57. The maximum Gasteiger partial charge on any atom is 0.317 e. The molecule has 2 saturated heterocycles. The highest BCUT2D eigenvalue weighted by atomic mass is 19.1. The number of benzene rings is 2. The van der Waals surface area contributed by atoms with Gasteiger partial charge in [-0.15, -0.1) is 0 Å². The number of rotatable bonds is 4. The molecule has 0 unspecified atom stereocenters. The first kappa shape index (κ1) is 22.6. The molecular weight excluding hydrogens is 421 g/mol. The first-order chi connectivity index (χ1) is 15.9. The number of nitrogens with one attached hydrogen (secondary N) is 1. The van der Waals surface area contributed by atoms with Crippen molar-refractivity contribution in [3.8, 4) is 6.07 Å². The molecule has 0 bridgehead atoms. The number of carbonyl (C=O) groups excluding carboxylic acids is 2. The Labute approximate surface area is 193 Å². The number of hydrogen-bond donors (Lipinski definition) is 1. The molecule has 2 amide bonds. The predicted octanol–water partition coefficient (Wildman–Crippen LogP) is 3.40. The Balaban J connectivity index is 1.24. The van der Waals surface area contributed by atoms with Gasteiger partial charge in [-0.3, -0.25) is 4.79 Å². The lowest BCUT2D eigenvalue weighted by atomic mass is 10.0. The van der Waals surface area contributed by atoms with E-state index >= 15 is 0 Å². The number of nitrogens with zero attached hydrogens (tertiary/aromatic N) is 4. The van der Waals surface area contributed by atoms with Crippen LogP contribution in [0.4, 0.5) is 20.6 Å². The number of Topliss-reactive ketones (excluding diaryl/α,β-unsaturated/α-hetero) is 1. The largest absolute Gasteiger partial charge is 0.371 e. The van der Waals surface area contributed by atoms with Crippen molar-refractivity contribution in [2.45, 2.75) is 25.8 Å². The highest BCUT2D eigenvalue weighted by Gasteiger charge is 2.26. The lowest BCUT2D eigenvalue weighted by molar-refractivity contribution is 0.101. The van der Waals surface area contributed by atoms with Crippen LogP contribution in [0.2, 0.25) is 0 Å². The topological polar surface area (TPSA) is 79.7 Å². The summed E-state index contributed by atoms with van der Waals surface area (Å²) in [5.74, 6) is -0.570. The molecule has 2 aliphatic heterocycles. The molecule has 33 heavy (non-hydrogen) atoms. The predicted molar refractivity (Wildman–Crippen MR) is 125 cm³/mol. The molecule has 2 fully saturated rings. The van der Waals surface area contributed by atoms with Gasteiger partial charge in [-0.05, 0) is 62.2 Å². The Hall–Kier alpha value is -3.60. The van der Waals surface area contributed by atoms with Gasteiger partial charge in [-0.25, -0.2) is 9.18 Å². The van der Waals surface area contributed by atoms with E-state index in [0.29, 0.717) is 43.0 Å². The molecule has 2 heterocycles. The fraction of sp³-hybridized carbons (Fsp3) is 0.400. The molecule has 7 nitrogen and oxygen atoms in total. The van der Waals surface area contributed by atoms with Gasteiger partial charge in [0.2, 0.25) is 0 Å². The summed E-state index contributed by atoms with van der Waals surface area (Å²) in [5, 5.41) is 12.1. The molecule has 8 heteroatoms. The number of amides is 2. The van der Waals surface area contributed by atoms with Crippen LogP contribution in [0.3, 0.4) is 0 Å². The minimum Gasteiger partial charge on any atom is -0.371 e. The average molecular weight is 450 g/mol. The molecule has 172 valence electrons. The SMILES string of the molecule is CC(=O)c1ccc(N2CCN(C(=O)NC3CCN(c4ccc(C#N)cc4)CC3)CC2)c(F)c1. The number of halogens is 1. The Morgan fingerprint density at radius 3 is 2.21 bits per heavy atom. The number of hydrogen-bond acceptors (Lipinski definition) is 5. The number of ketones is 1. The van der Waals surface area contributed by atoms with Crippen LogP contribution in [0.5, 0.6) is 0 Å². The zero-order valence-electron chi connectivity index (χ0n) is 18.8. The van der Waals surface area contributed by atoms with Crippen molar-refractivity contribution in [2.24, 2.45) is 0 Å². The second-order valence-corrected chi connectivity index (χ2v) is 8.57. The summed E-state index contributed by atoms with van der Waals surface area (Å²) in [6.07, 6.45) is 1.72. The summed E-state index contributed by atoms with van der Waals surface area (Å²) in [6, 6.07) is 14.3. The zero-order chi connectivity index (χ0) is 23.4. The standard InChI is InChI=1S/C25H28FN5O2/c1-18(32)20-4-7-24(23(26)16-20)30-12-14-31(15-13-30)25(33)28-21-8-10-29(11-9-21)22-5-2-19(17-27)3-6-22/h2-7,16,21H,8-15H2,1H3,(H,28,33). The van der Waals surface area contributed by atoms with Crippen molar-refractivity contribution >= 4 is 23.2 Å². The van der Waals surface area contributed by atoms with Gasteiger partial charge in [0.15, 0.2) is 5.78 Å². The molecular formula is C25H28FN5O2. The normalized spacial score (nSPS) is 16.9. The molecule has 2 aromatic rings. The summed E-state index contributed by atoms with van der Waals surface area (Å²) in [6.45, 7) is 5.23. The van der Waals surface area contributed by atoms with E-state index in [0.717, 1.165) is 31.6 Å². The Kier molecular flexibility index (Phi) is 6.78. The van der Waals surface area contributed by atoms with E-state index in [2.05, 4.69) is 16.3 Å². The van der Waals surface area contributed by atoms with E-state index in [4.69, 9.17) is 5.26 Å². The quantitative estimate of drug-likeness (QED) is 0.724. The molecule has 0 aromatic heterocycles. The summed E-state index contributed by atoms with van der Waals surface area (Å²) in [7, 11) is 0. The highest BCUT2D eigenvalue weighted by molar-refractivity contribution is 5.94. The molecule has 2 aliphatic rings. The molecule has 1 N–H and O–H groups in total. The van der Waals surface area contributed by atoms with Crippen LogP contribution in [0.1, 0.15) is 35.7 Å². The van der Waals surface area contributed by atoms with Crippen LogP contribution in [0, 0.1) is 17.1 Å². The first-order valence-electron chi connectivity index (χ1n) is 11.3.